The molecule has 1 saturated heterocycles. The molecule has 108 valence electrons. The van der Waals surface area contributed by atoms with E-state index in [1.165, 1.54) is 12.8 Å². The molecule has 1 unspecified atom stereocenters. The van der Waals surface area contributed by atoms with Crippen molar-refractivity contribution >= 4 is 11.5 Å². The van der Waals surface area contributed by atoms with Crippen LogP contribution in [0.4, 0.5) is 5.82 Å². The summed E-state index contributed by atoms with van der Waals surface area (Å²) in [5, 5.41) is 7.73. The molecule has 20 heavy (non-hydrogen) atoms. The van der Waals surface area contributed by atoms with Gasteiger partial charge in [-0.1, -0.05) is 6.92 Å². The molecule has 1 aliphatic heterocycles. The molecule has 1 aliphatic rings. The topological polar surface area (TPSA) is 45.5 Å². The first-order valence-corrected chi connectivity index (χ1v) is 7.56. The highest BCUT2D eigenvalue weighted by Crippen LogP contribution is 2.24. The summed E-state index contributed by atoms with van der Waals surface area (Å²) in [5.41, 5.74) is 0.922. The molecule has 0 spiro atoms. The number of fused-ring (bicyclic) bond motifs is 1. The Morgan fingerprint density at radius 2 is 2.15 bits per heavy atom. The van der Waals surface area contributed by atoms with E-state index in [0.29, 0.717) is 6.04 Å². The van der Waals surface area contributed by atoms with E-state index in [2.05, 4.69) is 40.2 Å². The number of aromatic nitrogens is 3. The summed E-state index contributed by atoms with van der Waals surface area (Å²) in [6, 6.07) is 4.63. The van der Waals surface area contributed by atoms with E-state index in [0.717, 1.165) is 37.0 Å². The molecule has 0 saturated carbocycles. The van der Waals surface area contributed by atoms with Crippen molar-refractivity contribution in [3.63, 3.8) is 0 Å². The number of nitrogens with zero attached hydrogens (tertiary/aromatic N) is 4. The third-order valence-corrected chi connectivity index (χ3v) is 4.34. The fourth-order valence-electron chi connectivity index (χ4n) is 3.10. The molecule has 0 radical (unpaired) electrons. The minimum Gasteiger partial charge on any atom is -0.356 e. The molecule has 2 aromatic rings. The standard InChI is InChI=1S/C15H23N5/c1-3-16-12(2)13-5-9-19(10-6-13)14-7-11-20-15(18-14)4-8-17-20/h4,7-8,11-13,16H,3,5-6,9-10H2,1-2H3. The average molecular weight is 273 g/mol. The van der Waals surface area contributed by atoms with Gasteiger partial charge in [0.1, 0.15) is 5.82 Å². The maximum atomic E-state index is 4.68. The van der Waals surface area contributed by atoms with Crippen molar-refractivity contribution in [3.8, 4) is 0 Å². The summed E-state index contributed by atoms with van der Waals surface area (Å²) in [6.07, 6.45) is 6.25. The van der Waals surface area contributed by atoms with Crippen LogP contribution in [0, 0.1) is 5.92 Å². The van der Waals surface area contributed by atoms with Crippen molar-refractivity contribution in [2.24, 2.45) is 5.92 Å². The first-order valence-electron chi connectivity index (χ1n) is 7.56. The van der Waals surface area contributed by atoms with Crippen LogP contribution in [0.3, 0.4) is 0 Å². The van der Waals surface area contributed by atoms with Crippen molar-refractivity contribution in [1.82, 2.24) is 19.9 Å². The second-order valence-corrected chi connectivity index (χ2v) is 5.59. The van der Waals surface area contributed by atoms with Crippen LogP contribution < -0.4 is 10.2 Å². The van der Waals surface area contributed by atoms with E-state index in [9.17, 15) is 0 Å². The van der Waals surface area contributed by atoms with Gasteiger partial charge in [0.2, 0.25) is 0 Å². The Morgan fingerprint density at radius 3 is 2.90 bits per heavy atom. The molecular formula is C15H23N5. The molecule has 1 fully saturated rings. The first-order chi connectivity index (χ1) is 9.78. The molecule has 5 nitrogen and oxygen atoms in total. The van der Waals surface area contributed by atoms with Gasteiger partial charge in [0, 0.05) is 31.4 Å². The zero-order valence-electron chi connectivity index (χ0n) is 12.3. The second-order valence-electron chi connectivity index (χ2n) is 5.59. The SMILES string of the molecule is CCNC(C)C1CCN(c2ccn3nccc3n2)CC1. The fourth-order valence-corrected chi connectivity index (χ4v) is 3.10. The third kappa shape index (κ3) is 2.63. The van der Waals surface area contributed by atoms with Gasteiger partial charge in [-0.05, 0) is 38.3 Å². The van der Waals surface area contributed by atoms with Crippen LogP contribution in [0.15, 0.2) is 24.5 Å². The maximum Gasteiger partial charge on any atom is 0.157 e. The highest BCUT2D eigenvalue weighted by Gasteiger charge is 2.24. The molecular weight excluding hydrogens is 250 g/mol. The predicted octanol–water partition coefficient (Wildman–Crippen LogP) is 1.94. The lowest BCUT2D eigenvalue weighted by Crippen LogP contribution is -2.42. The van der Waals surface area contributed by atoms with Crippen LogP contribution >= 0.6 is 0 Å². The number of anilines is 1. The van der Waals surface area contributed by atoms with E-state index >= 15 is 0 Å². The largest absolute Gasteiger partial charge is 0.356 e. The minimum atomic E-state index is 0.618. The Hall–Kier alpha value is -1.62. The van der Waals surface area contributed by atoms with Crippen molar-refractivity contribution < 1.29 is 0 Å². The molecule has 2 aromatic heterocycles. The van der Waals surface area contributed by atoms with Gasteiger partial charge >= 0.3 is 0 Å². The van der Waals surface area contributed by atoms with Crippen molar-refractivity contribution in [2.45, 2.75) is 32.7 Å². The van der Waals surface area contributed by atoms with Crippen LogP contribution in [-0.2, 0) is 0 Å². The quantitative estimate of drug-likeness (QED) is 0.925. The number of rotatable bonds is 4. The lowest BCUT2D eigenvalue weighted by molar-refractivity contribution is 0.314. The summed E-state index contributed by atoms with van der Waals surface area (Å²) < 4.78 is 1.81. The molecule has 1 N–H and O–H groups in total. The van der Waals surface area contributed by atoms with E-state index in [1.807, 2.05) is 16.8 Å². The van der Waals surface area contributed by atoms with Crippen LogP contribution in [-0.4, -0.2) is 40.3 Å². The second kappa shape index (κ2) is 5.79. The smallest absolute Gasteiger partial charge is 0.157 e. The summed E-state index contributed by atoms with van der Waals surface area (Å²) in [5.74, 6) is 1.86. The van der Waals surface area contributed by atoms with Gasteiger partial charge in [0.15, 0.2) is 5.65 Å². The van der Waals surface area contributed by atoms with Crippen molar-refractivity contribution in [3.05, 3.63) is 24.5 Å². The summed E-state index contributed by atoms with van der Waals surface area (Å²) in [4.78, 5) is 7.07. The van der Waals surface area contributed by atoms with Crippen LogP contribution in [0.1, 0.15) is 26.7 Å². The van der Waals surface area contributed by atoms with E-state index in [1.54, 1.807) is 6.20 Å². The third-order valence-electron chi connectivity index (χ3n) is 4.34. The maximum absolute atomic E-state index is 4.68. The minimum absolute atomic E-state index is 0.618. The van der Waals surface area contributed by atoms with Gasteiger partial charge in [-0.15, -0.1) is 0 Å². The molecule has 1 atom stereocenters. The number of nitrogens with one attached hydrogen (secondary N) is 1. The van der Waals surface area contributed by atoms with Gasteiger partial charge in [0.25, 0.3) is 0 Å². The van der Waals surface area contributed by atoms with Gasteiger partial charge < -0.3 is 10.2 Å². The Kier molecular flexibility index (Phi) is 3.87. The molecule has 5 heteroatoms. The molecule has 0 aliphatic carbocycles. The fraction of sp³-hybridized carbons (Fsp3) is 0.600. The Balaban J connectivity index is 1.65. The monoisotopic (exact) mass is 273 g/mol. The number of hydrogen-bond donors (Lipinski definition) is 1. The Labute approximate surface area is 120 Å². The van der Waals surface area contributed by atoms with Gasteiger partial charge in [-0.3, -0.25) is 0 Å². The lowest BCUT2D eigenvalue weighted by Gasteiger charge is -2.35. The number of hydrogen-bond acceptors (Lipinski definition) is 4. The summed E-state index contributed by atoms with van der Waals surface area (Å²) in [7, 11) is 0. The van der Waals surface area contributed by atoms with E-state index in [-0.39, 0.29) is 0 Å². The molecule has 0 bridgehead atoms. The van der Waals surface area contributed by atoms with E-state index < -0.39 is 0 Å². The normalized spacial score (nSPS) is 18.6. The molecule has 3 heterocycles. The first kappa shape index (κ1) is 13.4. The van der Waals surface area contributed by atoms with Gasteiger partial charge in [-0.25, -0.2) is 9.50 Å². The highest BCUT2D eigenvalue weighted by atomic mass is 15.3. The van der Waals surface area contributed by atoms with Crippen molar-refractivity contribution in [1.29, 1.82) is 0 Å². The lowest BCUT2D eigenvalue weighted by atomic mass is 9.90. The predicted molar refractivity (Wildman–Crippen MR) is 81.1 cm³/mol. The number of piperidine rings is 1. The van der Waals surface area contributed by atoms with Crippen molar-refractivity contribution in [2.75, 3.05) is 24.5 Å². The van der Waals surface area contributed by atoms with Crippen LogP contribution in [0.2, 0.25) is 0 Å². The molecule has 0 amide bonds. The molecule has 3 rings (SSSR count). The average Bonchev–Trinajstić information content (AvgIpc) is 2.95. The van der Waals surface area contributed by atoms with Crippen LogP contribution in [0.5, 0.6) is 0 Å². The Morgan fingerprint density at radius 1 is 1.35 bits per heavy atom. The van der Waals surface area contributed by atoms with E-state index in [4.69, 9.17) is 0 Å². The zero-order valence-corrected chi connectivity index (χ0v) is 12.3. The van der Waals surface area contributed by atoms with Gasteiger partial charge in [0.05, 0.1) is 6.20 Å². The summed E-state index contributed by atoms with van der Waals surface area (Å²) >= 11 is 0. The summed E-state index contributed by atoms with van der Waals surface area (Å²) in [6.45, 7) is 7.73. The van der Waals surface area contributed by atoms with Gasteiger partial charge in [-0.2, -0.15) is 5.10 Å². The zero-order chi connectivity index (χ0) is 13.9. The Bertz CT molecular complexity index is 556. The van der Waals surface area contributed by atoms with Crippen LogP contribution in [0.25, 0.3) is 5.65 Å². The molecule has 0 aromatic carbocycles. The highest BCUT2D eigenvalue weighted by molar-refractivity contribution is 5.47.